The second-order valence-electron chi connectivity index (χ2n) is 4.78. The average molecular weight is 255 g/mol. The molecule has 0 saturated heterocycles. The summed E-state index contributed by atoms with van der Waals surface area (Å²) in [4.78, 5) is 18.9. The number of aryl methyl sites for hydroxylation is 1. The van der Waals surface area contributed by atoms with Gasteiger partial charge in [0, 0.05) is 18.1 Å². The van der Waals surface area contributed by atoms with Crippen LogP contribution in [0.2, 0.25) is 0 Å². The van der Waals surface area contributed by atoms with Gasteiger partial charge in [0.05, 0.1) is 17.6 Å². The van der Waals surface area contributed by atoms with Gasteiger partial charge in [-0.3, -0.25) is 4.79 Å². The number of hydrogen-bond acceptors (Lipinski definition) is 4. The first-order valence-corrected chi connectivity index (χ1v) is 6.63. The Morgan fingerprint density at radius 1 is 1.59 bits per heavy atom. The van der Waals surface area contributed by atoms with E-state index in [1.165, 1.54) is 0 Å². The summed E-state index contributed by atoms with van der Waals surface area (Å²) in [7, 11) is 1.79. The third-order valence-electron chi connectivity index (χ3n) is 2.48. The molecule has 0 bridgehead atoms. The summed E-state index contributed by atoms with van der Waals surface area (Å²) in [6.07, 6.45) is 2.54. The van der Waals surface area contributed by atoms with Gasteiger partial charge in [-0.1, -0.05) is 13.8 Å². The zero-order valence-corrected chi connectivity index (χ0v) is 11.8. The summed E-state index contributed by atoms with van der Waals surface area (Å²) >= 11 is 1.61. The molecule has 96 valence electrons. The van der Waals surface area contributed by atoms with Crippen molar-refractivity contribution in [1.82, 2.24) is 9.88 Å². The van der Waals surface area contributed by atoms with Crippen molar-refractivity contribution in [2.75, 3.05) is 7.05 Å². The zero-order chi connectivity index (χ0) is 13.0. The Balaban J connectivity index is 2.52. The highest BCUT2D eigenvalue weighted by molar-refractivity contribution is 7.11. The van der Waals surface area contributed by atoms with Crippen LogP contribution >= 0.6 is 11.3 Å². The molecule has 1 atom stereocenters. The summed E-state index contributed by atoms with van der Waals surface area (Å²) in [6, 6.07) is -0.394. The van der Waals surface area contributed by atoms with E-state index in [0.717, 1.165) is 16.3 Å². The zero-order valence-electron chi connectivity index (χ0n) is 10.9. The van der Waals surface area contributed by atoms with Gasteiger partial charge in [-0.05, 0) is 19.3 Å². The Morgan fingerprint density at radius 3 is 2.71 bits per heavy atom. The predicted molar refractivity (Wildman–Crippen MR) is 70.8 cm³/mol. The largest absolute Gasteiger partial charge is 0.339 e. The number of nitrogens with two attached hydrogens (primary N) is 1. The van der Waals surface area contributed by atoms with Crippen LogP contribution in [0.4, 0.5) is 0 Å². The van der Waals surface area contributed by atoms with Gasteiger partial charge >= 0.3 is 0 Å². The molecule has 1 rings (SSSR count). The Labute approximate surface area is 107 Å². The van der Waals surface area contributed by atoms with Crippen molar-refractivity contribution in [3.05, 3.63) is 16.1 Å². The molecule has 1 heterocycles. The molecule has 17 heavy (non-hydrogen) atoms. The van der Waals surface area contributed by atoms with Crippen LogP contribution in [0.15, 0.2) is 6.20 Å². The molecular weight excluding hydrogens is 234 g/mol. The molecule has 0 aromatic carbocycles. The van der Waals surface area contributed by atoms with Gasteiger partial charge in [0.25, 0.3) is 0 Å². The van der Waals surface area contributed by atoms with E-state index in [9.17, 15) is 4.79 Å². The minimum Gasteiger partial charge on any atom is -0.339 e. The van der Waals surface area contributed by atoms with Gasteiger partial charge in [0.15, 0.2) is 0 Å². The lowest BCUT2D eigenvalue weighted by Gasteiger charge is -2.21. The highest BCUT2D eigenvalue weighted by Gasteiger charge is 2.19. The molecule has 0 saturated carbocycles. The number of likely N-dealkylation sites (N-methyl/N-ethyl adjacent to an activating group) is 1. The summed E-state index contributed by atoms with van der Waals surface area (Å²) < 4.78 is 0. The third-order valence-corrected chi connectivity index (χ3v) is 3.38. The van der Waals surface area contributed by atoms with Crippen molar-refractivity contribution in [1.29, 1.82) is 0 Å². The van der Waals surface area contributed by atoms with E-state index in [4.69, 9.17) is 5.73 Å². The Hall–Kier alpha value is -0.940. The SMILES string of the molecule is Cc1ncc(CN(C)C(=O)[C@@H](N)CC(C)C)s1. The minimum absolute atomic E-state index is 0.00440. The fourth-order valence-corrected chi connectivity index (χ4v) is 2.53. The van der Waals surface area contributed by atoms with Crippen molar-refractivity contribution >= 4 is 17.2 Å². The van der Waals surface area contributed by atoms with E-state index in [2.05, 4.69) is 18.8 Å². The van der Waals surface area contributed by atoms with Crippen molar-refractivity contribution in [3.63, 3.8) is 0 Å². The lowest BCUT2D eigenvalue weighted by atomic mass is 10.0. The highest BCUT2D eigenvalue weighted by Crippen LogP contribution is 2.14. The minimum atomic E-state index is -0.394. The second-order valence-corrected chi connectivity index (χ2v) is 6.10. The van der Waals surface area contributed by atoms with Gasteiger partial charge < -0.3 is 10.6 Å². The van der Waals surface area contributed by atoms with Gasteiger partial charge in [0.2, 0.25) is 5.91 Å². The molecule has 0 aliphatic carbocycles. The first-order valence-electron chi connectivity index (χ1n) is 5.82. The quantitative estimate of drug-likeness (QED) is 0.872. The molecule has 0 aliphatic rings. The lowest BCUT2D eigenvalue weighted by Crippen LogP contribution is -2.42. The topological polar surface area (TPSA) is 59.2 Å². The highest BCUT2D eigenvalue weighted by atomic mass is 32.1. The van der Waals surface area contributed by atoms with Crippen LogP contribution in [-0.4, -0.2) is 28.9 Å². The van der Waals surface area contributed by atoms with E-state index in [1.807, 2.05) is 13.1 Å². The second kappa shape index (κ2) is 6.12. The average Bonchev–Trinajstić information content (AvgIpc) is 2.61. The molecule has 1 aromatic heterocycles. The van der Waals surface area contributed by atoms with Crippen LogP contribution < -0.4 is 5.73 Å². The van der Waals surface area contributed by atoms with Gasteiger partial charge in [-0.2, -0.15) is 0 Å². The van der Waals surface area contributed by atoms with E-state index < -0.39 is 6.04 Å². The molecule has 4 nitrogen and oxygen atoms in total. The Kier molecular flexibility index (Phi) is 5.08. The summed E-state index contributed by atoms with van der Waals surface area (Å²) in [5.41, 5.74) is 5.87. The number of thiazole rings is 1. The van der Waals surface area contributed by atoms with Gasteiger partial charge in [0.1, 0.15) is 0 Å². The number of amides is 1. The molecule has 0 unspecified atom stereocenters. The molecular formula is C12H21N3OS. The maximum atomic E-state index is 12.0. The number of carbonyl (C=O) groups is 1. The smallest absolute Gasteiger partial charge is 0.239 e. The maximum absolute atomic E-state index is 12.0. The fourth-order valence-electron chi connectivity index (χ4n) is 1.68. The molecule has 0 spiro atoms. The summed E-state index contributed by atoms with van der Waals surface area (Å²) in [6.45, 7) is 6.69. The van der Waals surface area contributed by atoms with Crippen LogP contribution in [0.5, 0.6) is 0 Å². The maximum Gasteiger partial charge on any atom is 0.239 e. The lowest BCUT2D eigenvalue weighted by molar-refractivity contribution is -0.132. The van der Waals surface area contributed by atoms with Gasteiger partial charge in [-0.25, -0.2) is 4.98 Å². The molecule has 0 aliphatic heterocycles. The number of nitrogens with zero attached hydrogens (tertiary/aromatic N) is 2. The number of hydrogen-bond donors (Lipinski definition) is 1. The van der Waals surface area contributed by atoms with Crippen molar-refractivity contribution in [2.24, 2.45) is 11.7 Å². The van der Waals surface area contributed by atoms with Crippen molar-refractivity contribution in [3.8, 4) is 0 Å². The van der Waals surface area contributed by atoms with Crippen LogP contribution in [0.1, 0.15) is 30.2 Å². The molecule has 2 N–H and O–H groups in total. The normalized spacial score (nSPS) is 12.8. The molecule has 0 fully saturated rings. The number of carbonyl (C=O) groups excluding carboxylic acids is 1. The molecule has 0 radical (unpaired) electrons. The van der Waals surface area contributed by atoms with Crippen molar-refractivity contribution < 1.29 is 4.79 Å². The predicted octanol–water partition coefficient (Wildman–Crippen LogP) is 1.78. The van der Waals surface area contributed by atoms with E-state index in [0.29, 0.717) is 12.5 Å². The van der Waals surface area contributed by atoms with Crippen LogP contribution in [0.3, 0.4) is 0 Å². The monoisotopic (exact) mass is 255 g/mol. The standard InChI is InChI=1S/C12H21N3OS/c1-8(2)5-11(13)12(16)15(4)7-10-6-14-9(3)17-10/h6,8,11H,5,7,13H2,1-4H3/t11-/m0/s1. The number of rotatable bonds is 5. The molecule has 1 amide bonds. The number of aromatic nitrogens is 1. The Morgan fingerprint density at radius 2 is 2.24 bits per heavy atom. The van der Waals surface area contributed by atoms with Crippen LogP contribution in [0, 0.1) is 12.8 Å². The molecule has 1 aromatic rings. The van der Waals surface area contributed by atoms with Gasteiger partial charge in [-0.15, -0.1) is 11.3 Å². The summed E-state index contributed by atoms with van der Waals surface area (Å²) in [5.74, 6) is 0.442. The first kappa shape index (κ1) is 14.1. The Bertz CT molecular complexity index is 376. The third kappa shape index (κ3) is 4.44. The molecule has 5 heteroatoms. The fraction of sp³-hybridized carbons (Fsp3) is 0.667. The summed E-state index contributed by atoms with van der Waals surface area (Å²) in [5, 5.41) is 1.02. The van der Waals surface area contributed by atoms with Crippen LogP contribution in [0.25, 0.3) is 0 Å². The van der Waals surface area contributed by atoms with E-state index >= 15 is 0 Å². The van der Waals surface area contributed by atoms with Crippen LogP contribution in [-0.2, 0) is 11.3 Å². The van der Waals surface area contributed by atoms with E-state index in [-0.39, 0.29) is 5.91 Å². The van der Waals surface area contributed by atoms with E-state index in [1.54, 1.807) is 23.3 Å². The first-order chi connectivity index (χ1) is 7.90. The van der Waals surface area contributed by atoms with Crippen molar-refractivity contribution in [2.45, 2.75) is 39.8 Å².